The molecule has 0 fully saturated rings. The summed E-state index contributed by atoms with van der Waals surface area (Å²) in [5, 5.41) is 30.2. The van der Waals surface area contributed by atoms with Crippen molar-refractivity contribution in [1.29, 1.82) is 0 Å². The van der Waals surface area contributed by atoms with Crippen LogP contribution in [0.25, 0.3) is 0 Å². The lowest BCUT2D eigenvalue weighted by molar-refractivity contribution is -0.142. The summed E-state index contributed by atoms with van der Waals surface area (Å²) >= 11 is 0. The lowest BCUT2D eigenvalue weighted by Crippen LogP contribution is -2.44. The van der Waals surface area contributed by atoms with Crippen LogP contribution < -0.4 is 11.1 Å². The molecule has 0 heterocycles. The summed E-state index contributed by atoms with van der Waals surface area (Å²) < 4.78 is 0. The van der Waals surface area contributed by atoms with Crippen molar-refractivity contribution in [2.45, 2.75) is 25.8 Å². The molecule has 1 amide bonds. The molecule has 1 aromatic rings. The summed E-state index contributed by atoms with van der Waals surface area (Å²) in [6.45, 7) is 2.02. The Labute approximate surface area is 122 Å². The molecule has 0 aliphatic carbocycles. The second-order valence-corrected chi connectivity index (χ2v) is 4.91. The molecule has 0 aromatic heterocycles. The number of benzene rings is 1. The van der Waals surface area contributed by atoms with Crippen molar-refractivity contribution in [2.75, 3.05) is 6.54 Å². The number of aromatic hydroxyl groups is 2. The van der Waals surface area contributed by atoms with Crippen LogP contribution in [0.15, 0.2) is 18.2 Å². The second kappa shape index (κ2) is 7.49. The third-order valence-corrected chi connectivity index (χ3v) is 3.14. The third-order valence-electron chi connectivity index (χ3n) is 3.14. The minimum Gasteiger partial charge on any atom is -0.504 e. The lowest BCUT2D eigenvalue weighted by atomic mass is 10.0. The smallest absolute Gasteiger partial charge is 0.326 e. The highest BCUT2D eigenvalue weighted by molar-refractivity contribution is 5.85. The Hall–Kier alpha value is -2.28. The van der Waals surface area contributed by atoms with E-state index in [1.165, 1.54) is 18.2 Å². The number of hydrogen-bond donors (Lipinski definition) is 5. The number of amides is 1. The number of carboxylic acid groups (broad SMARTS) is 1. The molecule has 7 heteroatoms. The van der Waals surface area contributed by atoms with Gasteiger partial charge in [-0.05, 0) is 30.7 Å². The van der Waals surface area contributed by atoms with Crippen LogP contribution >= 0.6 is 0 Å². The molecule has 1 aromatic carbocycles. The van der Waals surface area contributed by atoms with Gasteiger partial charge in [-0.3, -0.25) is 4.79 Å². The quantitative estimate of drug-likeness (QED) is 0.456. The average molecular weight is 296 g/mol. The summed E-state index contributed by atoms with van der Waals surface area (Å²) in [6.07, 6.45) is 0.475. The molecule has 6 N–H and O–H groups in total. The molecule has 116 valence electrons. The van der Waals surface area contributed by atoms with E-state index >= 15 is 0 Å². The first-order valence-corrected chi connectivity index (χ1v) is 6.59. The molecule has 7 nitrogen and oxygen atoms in total. The molecular formula is C14H20N2O5. The van der Waals surface area contributed by atoms with Gasteiger partial charge in [0.15, 0.2) is 11.5 Å². The highest BCUT2D eigenvalue weighted by atomic mass is 16.4. The van der Waals surface area contributed by atoms with Gasteiger partial charge in [-0.1, -0.05) is 13.0 Å². The van der Waals surface area contributed by atoms with Crippen LogP contribution in [0.1, 0.15) is 18.9 Å². The monoisotopic (exact) mass is 296 g/mol. The van der Waals surface area contributed by atoms with Gasteiger partial charge in [-0.2, -0.15) is 0 Å². The van der Waals surface area contributed by atoms with E-state index in [1.54, 1.807) is 6.92 Å². The predicted molar refractivity (Wildman–Crippen MR) is 75.9 cm³/mol. The van der Waals surface area contributed by atoms with Crippen LogP contribution in [0.5, 0.6) is 11.5 Å². The minimum absolute atomic E-state index is 0.00422. The summed E-state index contributed by atoms with van der Waals surface area (Å²) in [6, 6.07) is 2.91. The number of phenols is 2. The topological polar surface area (TPSA) is 133 Å². The Morgan fingerprint density at radius 1 is 1.29 bits per heavy atom. The predicted octanol–water partition coefficient (Wildman–Crippen LogP) is 0.195. The van der Waals surface area contributed by atoms with Crippen LogP contribution in [0, 0.1) is 5.92 Å². The lowest BCUT2D eigenvalue weighted by Gasteiger charge is -2.17. The molecule has 1 rings (SSSR count). The van der Waals surface area contributed by atoms with Crippen LogP contribution in [-0.2, 0) is 16.0 Å². The number of carbonyl (C=O) groups is 2. The Bertz CT molecular complexity index is 518. The number of hydrogen-bond acceptors (Lipinski definition) is 5. The van der Waals surface area contributed by atoms with Gasteiger partial charge in [0.05, 0.1) is 0 Å². The standard InChI is InChI=1S/C14H20N2O5/c1-8(4-5-15)13(19)16-10(14(20)21)6-9-2-3-11(17)12(18)7-9/h2-3,7-8,10,17-18H,4-6,15H2,1H3,(H,16,19)(H,20,21)/t8?,10-/m0/s1. The van der Waals surface area contributed by atoms with Crippen molar-refractivity contribution in [3.63, 3.8) is 0 Å². The highest BCUT2D eigenvalue weighted by Gasteiger charge is 2.23. The maximum Gasteiger partial charge on any atom is 0.326 e. The molecule has 0 saturated heterocycles. The zero-order valence-corrected chi connectivity index (χ0v) is 11.7. The number of aliphatic carboxylic acids is 1. The Morgan fingerprint density at radius 2 is 1.95 bits per heavy atom. The van der Waals surface area contributed by atoms with Crippen LogP contribution in [0.3, 0.4) is 0 Å². The number of phenolic OH excluding ortho intramolecular Hbond substituents is 2. The first kappa shape index (κ1) is 16.8. The van der Waals surface area contributed by atoms with Gasteiger partial charge in [0.2, 0.25) is 5.91 Å². The van der Waals surface area contributed by atoms with Crippen molar-refractivity contribution in [3.05, 3.63) is 23.8 Å². The second-order valence-electron chi connectivity index (χ2n) is 4.91. The van der Waals surface area contributed by atoms with E-state index in [1.807, 2.05) is 0 Å². The fourth-order valence-electron chi connectivity index (χ4n) is 1.83. The number of rotatable bonds is 7. The van der Waals surface area contributed by atoms with Gasteiger partial charge in [-0.25, -0.2) is 4.79 Å². The molecule has 0 bridgehead atoms. The Balaban J connectivity index is 2.76. The van der Waals surface area contributed by atoms with Gasteiger partial charge in [0.1, 0.15) is 6.04 Å². The molecule has 0 spiro atoms. The summed E-state index contributed by atoms with van der Waals surface area (Å²) in [7, 11) is 0. The van der Waals surface area contributed by atoms with Gasteiger partial charge < -0.3 is 26.4 Å². The largest absolute Gasteiger partial charge is 0.504 e. The Morgan fingerprint density at radius 3 is 2.48 bits per heavy atom. The number of nitrogens with one attached hydrogen (secondary N) is 1. The van der Waals surface area contributed by atoms with E-state index < -0.39 is 12.0 Å². The van der Waals surface area contributed by atoms with Gasteiger partial charge in [0, 0.05) is 12.3 Å². The third kappa shape index (κ3) is 4.96. The van der Waals surface area contributed by atoms with Gasteiger partial charge in [-0.15, -0.1) is 0 Å². The van der Waals surface area contributed by atoms with Gasteiger partial charge >= 0.3 is 5.97 Å². The maximum atomic E-state index is 11.8. The fraction of sp³-hybridized carbons (Fsp3) is 0.429. The van der Waals surface area contributed by atoms with E-state index in [-0.39, 0.29) is 29.7 Å². The summed E-state index contributed by atoms with van der Waals surface area (Å²) in [4.78, 5) is 23.1. The molecular weight excluding hydrogens is 276 g/mol. The number of nitrogens with two attached hydrogens (primary N) is 1. The average Bonchev–Trinajstić information content (AvgIpc) is 2.42. The zero-order valence-electron chi connectivity index (χ0n) is 11.7. The number of carboxylic acids is 1. The first-order valence-electron chi connectivity index (χ1n) is 6.59. The van der Waals surface area contributed by atoms with Crippen LogP contribution in [0.2, 0.25) is 0 Å². The molecule has 0 radical (unpaired) electrons. The Kier molecular flexibility index (Phi) is 5.98. The van der Waals surface area contributed by atoms with E-state index in [2.05, 4.69) is 5.32 Å². The van der Waals surface area contributed by atoms with E-state index in [9.17, 15) is 19.8 Å². The molecule has 0 saturated carbocycles. The minimum atomic E-state index is -1.17. The molecule has 0 aliphatic rings. The van der Waals surface area contributed by atoms with Crippen LogP contribution in [-0.4, -0.2) is 39.8 Å². The normalized spacial score (nSPS) is 13.4. The molecule has 0 aliphatic heterocycles. The highest BCUT2D eigenvalue weighted by Crippen LogP contribution is 2.25. The fourth-order valence-corrected chi connectivity index (χ4v) is 1.83. The first-order chi connectivity index (χ1) is 9.85. The van der Waals surface area contributed by atoms with Crippen molar-refractivity contribution in [1.82, 2.24) is 5.32 Å². The van der Waals surface area contributed by atoms with Crippen molar-refractivity contribution in [2.24, 2.45) is 11.7 Å². The van der Waals surface area contributed by atoms with Crippen molar-refractivity contribution in [3.8, 4) is 11.5 Å². The van der Waals surface area contributed by atoms with Crippen molar-refractivity contribution >= 4 is 11.9 Å². The van der Waals surface area contributed by atoms with E-state index in [0.29, 0.717) is 18.5 Å². The maximum absolute atomic E-state index is 11.8. The molecule has 21 heavy (non-hydrogen) atoms. The van der Waals surface area contributed by atoms with E-state index in [0.717, 1.165) is 0 Å². The van der Waals surface area contributed by atoms with Gasteiger partial charge in [0.25, 0.3) is 0 Å². The number of carbonyl (C=O) groups excluding carboxylic acids is 1. The summed E-state index contributed by atoms with van der Waals surface area (Å²) in [5.41, 5.74) is 5.85. The SMILES string of the molecule is CC(CCN)C(=O)N[C@@H](Cc1ccc(O)c(O)c1)C(=O)O. The van der Waals surface area contributed by atoms with E-state index in [4.69, 9.17) is 10.8 Å². The molecule has 1 unspecified atom stereocenters. The van der Waals surface area contributed by atoms with Crippen molar-refractivity contribution < 1.29 is 24.9 Å². The summed E-state index contributed by atoms with van der Waals surface area (Å²) in [5.74, 6) is -2.54. The zero-order chi connectivity index (χ0) is 16.0. The molecule has 2 atom stereocenters. The van der Waals surface area contributed by atoms with Crippen LogP contribution in [0.4, 0.5) is 0 Å².